The van der Waals surface area contributed by atoms with Crippen LogP contribution in [-0.4, -0.2) is 17.9 Å². The van der Waals surface area contributed by atoms with Gasteiger partial charge in [-0.3, -0.25) is 9.69 Å². The summed E-state index contributed by atoms with van der Waals surface area (Å²) < 4.78 is 19.2. The molecule has 0 N–H and O–H groups in total. The van der Waals surface area contributed by atoms with E-state index < -0.39 is 11.9 Å². The molecule has 2 aliphatic rings. The van der Waals surface area contributed by atoms with Crippen molar-refractivity contribution in [1.29, 1.82) is 0 Å². The van der Waals surface area contributed by atoms with E-state index in [-0.39, 0.29) is 24.3 Å². The van der Waals surface area contributed by atoms with Crippen molar-refractivity contribution in [3.63, 3.8) is 0 Å². The maximum atomic E-state index is 13.8. The fraction of sp³-hybridized carbons (Fsp3) is 0.300. The Hall–Kier alpha value is -2.69. The van der Waals surface area contributed by atoms with Crippen LogP contribution in [0.4, 0.5) is 14.9 Å². The Morgan fingerprint density at radius 1 is 1.16 bits per heavy atom. The molecule has 2 aromatic carbocycles. The topological polar surface area (TPSA) is 46.6 Å². The van der Waals surface area contributed by atoms with Gasteiger partial charge < -0.3 is 4.74 Å². The summed E-state index contributed by atoms with van der Waals surface area (Å²) in [6.07, 6.45) is 1.83. The van der Waals surface area contributed by atoms with E-state index >= 15 is 0 Å². The van der Waals surface area contributed by atoms with Crippen molar-refractivity contribution in [3.05, 3.63) is 65.5 Å². The van der Waals surface area contributed by atoms with Gasteiger partial charge in [-0.25, -0.2) is 9.18 Å². The molecular formula is C20H18FNO3. The highest BCUT2D eigenvalue weighted by molar-refractivity contribution is 6.09. The average Bonchev–Trinajstić information content (AvgIpc) is 3.10. The van der Waals surface area contributed by atoms with E-state index in [9.17, 15) is 14.0 Å². The molecule has 2 aromatic rings. The summed E-state index contributed by atoms with van der Waals surface area (Å²) >= 11 is 0. The van der Waals surface area contributed by atoms with Crippen molar-refractivity contribution in [1.82, 2.24) is 0 Å². The number of ether oxygens (including phenoxy) is 1. The largest absolute Gasteiger partial charge is 0.444 e. The summed E-state index contributed by atoms with van der Waals surface area (Å²) in [7, 11) is 0. The van der Waals surface area contributed by atoms with Gasteiger partial charge in [-0.05, 0) is 36.6 Å². The molecule has 2 unspecified atom stereocenters. The number of fused-ring (bicyclic) bond motifs is 2. The molecule has 4 nitrogen and oxygen atoms in total. The van der Waals surface area contributed by atoms with Crippen molar-refractivity contribution in [3.8, 4) is 0 Å². The number of amides is 1. The van der Waals surface area contributed by atoms with E-state index in [0.29, 0.717) is 11.3 Å². The lowest BCUT2D eigenvalue weighted by Crippen LogP contribution is -2.49. The second-order valence-corrected chi connectivity index (χ2v) is 6.54. The summed E-state index contributed by atoms with van der Waals surface area (Å²) in [5, 5.41) is 0. The number of hydrogen-bond acceptors (Lipinski definition) is 3. The maximum Gasteiger partial charge on any atom is 0.414 e. The quantitative estimate of drug-likeness (QED) is 0.818. The third kappa shape index (κ3) is 2.80. The normalized spacial score (nSPS) is 21.6. The predicted octanol–water partition coefficient (Wildman–Crippen LogP) is 4.33. The van der Waals surface area contributed by atoms with Crippen molar-refractivity contribution >= 4 is 17.6 Å². The molecule has 0 spiro atoms. The first-order valence-electron chi connectivity index (χ1n) is 8.49. The molecule has 1 amide bonds. The lowest BCUT2D eigenvalue weighted by molar-refractivity contribution is 0.0895. The second kappa shape index (κ2) is 6.31. The van der Waals surface area contributed by atoms with E-state index in [0.717, 1.165) is 24.8 Å². The number of halogens is 1. The molecule has 4 rings (SSSR count). The van der Waals surface area contributed by atoms with Crippen LogP contribution in [0, 0.1) is 11.7 Å². The third-order valence-electron chi connectivity index (χ3n) is 5.03. The zero-order valence-corrected chi connectivity index (χ0v) is 13.7. The van der Waals surface area contributed by atoms with Crippen molar-refractivity contribution < 1.29 is 18.7 Å². The zero-order chi connectivity index (χ0) is 17.4. The summed E-state index contributed by atoms with van der Waals surface area (Å²) in [5.41, 5.74) is 1.61. The molecule has 0 aromatic heterocycles. The number of Topliss-reactive ketones (excluding diaryl/α,β-unsaturated/α-hetero) is 1. The molecule has 1 aliphatic heterocycles. The highest BCUT2D eigenvalue weighted by atomic mass is 19.1. The number of nitrogens with zero attached hydrogens (tertiary/aromatic N) is 1. The molecule has 1 fully saturated rings. The molecule has 1 aliphatic carbocycles. The van der Waals surface area contributed by atoms with Gasteiger partial charge in [0, 0.05) is 11.5 Å². The first kappa shape index (κ1) is 15.8. The Morgan fingerprint density at radius 2 is 1.96 bits per heavy atom. The Kier molecular flexibility index (Phi) is 3.99. The number of carbonyl (C=O) groups is 2. The Labute approximate surface area is 145 Å². The van der Waals surface area contributed by atoms with Gasteiger partial charge in [0.15, 0.2) is 5.78 Å². The standard InChI is InChI=1S/C20H18FNO3/c21-14-9-10-16-18(11-14)22(17-8-4-7-15(17)19(16)23)20(24)25-12-13-5-2-1-3-6-13/h1-3,5-6,9-11,15,17H,4,7-8,12H2. The summed E-state index contributed by atoms with van der Waals surface area (Å²) in [4.78, 5) is 26.9. The molecule has 128 valence electrons. The highest BCUT2D eigenvalue weighted by Gasteiger charge is 2.46. The lowest BCUT2D eigenvalue weighted by atomic mass is 9.86. The Morgan fingerprint density at radius 3 is 2.76 bits per heavy atom. The van der Waals surface area contributed by atoms with E-state index in [1.165, 1.54) is 23.1 Å². The smallest absolute Gasteiger partial charge is 0.414 e. The monoisotopic (exact) mass is 339 g/mol. The van der Waals surface area contributed by atoms with E-state index in [4.69, 9.17) is 4.74 Å². The van der Waals surface area contributed by atoms with Gasteiger partial charge in [0.05, 0.1) is 11.7 Å². The van der Waals surface area contributed by atoms with Crippen LogP contribution >= 0.6 is 0 Å². The van der Waals surface area contributed by atoms with Crippen molar-refractivity contribution in [2.45, 2.75) is 31.9 Å². The maximum absolute atomic E-state index is 13.8. The van der Waals surface area contributed by atoms with E-state index in [2.05, 4.69) is 0 Å². The average molecular weight is 339 g/mol. The molecule has 2 atom stereocenters. The molecule has 0 saturated heterocycles. The first-order valence-corrected chi connectivity index (χ1v) is 8.49. The molecule has 0 radical (unpaired) electrons. The fourth-order valence-corrected chi connectivity index (χ4v) is 3.87. The van der Waals surface area contributed by atoms with Gasteiger partial charge in [0.1, 0.15) is 12.4 Å². The van der Waals surface area contributed by atoms with Crippen LogP contribution in [-0.2, 0) is 11.3 Å². The molecule has 1 saturated carbocycles. The van der Waals surface area contributed by atoms with Crippen LogP contribution in [0.15, 0.2) is 48.5 Å². The number of benzene rings is 2. The van der Waals surface area contributed by atoms with Gasteiger partial charge in [0.25, 0.3) is 0 Å². The number of hydrogen-bond donors (Lipinski definition) is 0. The minimum atomic E-state index is -0.528. The summed E-state index contributed by atoms with van der Waals surface area (Å²) in [5.74, 6) is -0.685. The summed E-state index contributed by atoms with van der Waals surface area (Å²) in [6.45, 7) is 0.145. The Balaban J connectivity index is 1.64. The van der Waals surface area contributed by atoms with Crippen LogP contribution in [0.1, 0.15) is 35.2 Å². The van der Waals surface area contributed by atoms with Crippen LogP contribution in [0.5, 0.6) is 0 Å². The predicted molar refractivity (Wildman–Crippen MR) is 91.0 cm³/mol. The van der Waals surface area contributed by atoms with Crippen LogP contribution in [0.3, 0.4) is 0 Å². The number of anilines is 1. The second-order valence-electron chi connectivity index (χ2n) is 6.54. The molecule has 25 heavy (non-hydrogen) atoms. The Bertz CT molecular complexity index is 821. The van der Waals surface area contributed by atoms with Gasteiger partial charge in [-0.1, -0.05) is 36.8 Å². The SMILES string of the molecule is O=C1c2ccc(F)cc2N(C(=O)OCc2ccccc2)C2CCCC12. The minimum absolute atomic E-state index is 0.00427. The van der Waals surface area contributed by atoms with E-state index in [1.807, 2.05) is 30.3 Å². The number of rotatable bonds is 2. The summed E-state index contributed by atoms with van der Waals surface area (Å²) in [6, 6.07) is 13.1. The first-order chi connectivity index (χ1) is 12.1. The number of ketones is 1. The number of carbonyl (C=O) groups excluding carboxylic acids is 2. The van der Waals surface area contributed by atoms with Crippen LogP contribution < -0.4 is 4.90 Å². The molecule has 1 heterocycles. The molecule has 0 bridgehead atoms. The van der Waals surface area contributed by atoms with Gasteiger partial charge in [-0.2, -0.15) is 0 Å². The minimum Gasteiger partial charge on any atom is -0.444 e. The zero-order valence-electron chi connectivity index (χ0n) is 13.7. The van der Waals surface area contributed by atoms with Crippen molar-refractivity contribution in [2.24, 2.45) is 5.92 Å². The lowest BCUT2D eigenvalue weighted by Gasteiger charge is -2.37. The third-order valence-corrected chi connectivity index (χ3v) is 5.03. The van der Waals surface area contributed by atoms with Crippen LogP contribution in [0.25, 0.3) is 0 Å². The fourth-order valence-electron chi connectivity index (χ4n) is 3.87. The van der Waals surface area contributed by atoms with Crippen molar-refractivity contribution in [2.75, 3.05) is 4.90 Å². The van der Waals surface area contributed by atoms with Gasteiger partial charge in [-0.15, -0.1) is 0 Å². The van der Waals surface area contributed by atoms with Crippen LogP contribution in [0.2, 0.25) is 0 Å². The highest BCUT2D eigenvalue weighted by Crippen LogP contribution is 2.42. The molecule has 5 heteroatoms. The van der Waals surface area contributed by atoms with E-state index in [1.54, 1.807) is 0 Å². The molecular weight excluding hydrogens is 321 g/mol. The van der Waals surface area contributed by atoms with Gasteiger partial charge in [0.2, 0.25) is 0 Å². The van der Waals surface area contributed by atoms with Gasteiger partial charge >= 0.3 is 6.09 Å².